The third-order valence-electron chi connectivity index (χ3n) is 4.70. The number of likely N-dealkylation sites (N-methyl/N-ethyl adjacent to an activating group) is 1. The molecule has 154 valence electrons. The molecule has 0 spiro atoms. The van der Waals surface area contributed by atoms with Gasteiger partial charge in [-0.2, -0.15) is 0 Å². The summed E-state index contributed by atoms with van der Waals surface area (Å²) in [5.41, 5.74) is 1.43. The van der Waals surface area contributed by atoms with Gasteiger partial charge < -0.3 is 4.74 Å². The fourth-order valence-corrected chi connectivity index (χ4v) is 3.26. The molecule has 0 fully saturated rings. The van der Waals surface area contributed by atoms with Crippen molar-refractivity contribution in [1.82, 2.24) is 4.90 Å². The van der Waals surface area contributed by atoms with E-state index in [9.17, 15) is 4.79 Å². The molecule has 3 nitrogen and oxygen atoms in total. The summed E-state index contributed by atoms with van der Waals surface area (Å²) < 4.78 is 5.56. The van der Waals surface area contributed by atoms with Gasteiger partial charge >= 0.3 is 5.97 Å². The monoisotopic (exact) mass is 451 g/mol. The minimum Gasteiger partial charge on any atom is -0.461 e. The first-order valence-corrected chi connectivity index (χ1v) is 10.2. The van der Waals surface area contributed by atoms with Crippen molar-refractivity contribution in [2.75, 3.05) is 20.2 Å². The van der Waals surface area contributed by atoms with Crippen LogP contribution in [0.3, 0.4) is 0 Å². The number of esters is 1. The zero-order valence-corrected chi connectivity index (χ0v) is 18.8. The van der Waals surface area contributed by atoms with E-state index in [2.05, 4.69) is 11.5 Å². The van der Waals surface area contributed by atoms with Crippen molar-refractivity contribution >= 4 is 46.8 Å². The third kappa shape index (κ3) is 7.20. The van der Waals surface area contributed by atoms with Crippen molar-refractivity contribution in [2.45, 2.75) is 18.9 Å². The zero-order valence-electron chi connectivity index (χ0n) is 16.5. The fraction of sp³-hybridized carbons (Fsp3) is 0.261. The molecule has 1 atom stereocenters. The number of hydrogen-bond donors (Lipinski definition) is 0. The van der Waals surface area contributed by atoms with Gasteiger partial charge in [0.1, 0.15) is 6.61 Å². The summed E-state index contributed by atoms with van der Waals surface area (Å²) in [7, 11) is 1.97. The fourth-order valence-electron chi connectivity index (χ4n) is 2.81. The van der Waals surface area contributed by atoms with Crippen LogP contribution in [0.15, 0.2) is 61.2 Å². The molecular formula is C23H24Cl3NO2. The molecule has 29 heavy (non-hydrogen) atoms. The number of rotatable bonds is 9. The third-order valence-corrected chi connectivity index (χ3v) is 5.69. The molecular weight excluding hydrogens is 429 g/mol. The first-order chi connectivity index (χ1) is 13.7. The van der Waals surface area contributed by atoms with Crippen LogP contribution in [0, 0.1) is 0 Å². The molecule has 0 aliphatic carbocycles. The van der Waals surface area contributed by atoms with Crippen molar-refractivity contribution in [3.63, 3.8) is 0 Å². The number of benzene rings is 2. The van der Waals surface area contributed by atoms with Crippen LogP contribution in [0.5, 0.6) is 0 Å². The van der Waals surface area contributed by atoms with Crippen molar-refractivity contribution in [3.8, 4) is 0 Å². The van der Waals surface area contributed by atoms with E-state index in [4.69, 9.17) is 39.5 Å². The van der Waals surface area contributed by atoms with E-state index in [0.717, 1.165) is 11.1 Å². The molecule has 0 aliphatic heterocycles. The quantitative estimate of drug-likeness (QED) is 0.253. The van der Waals surface area contributed by atoms with Crippen LogP contribution >= 0.6 is 34.8 Å². The summed E-state index contributed by atoms with van der Waals surface area (Å²) in [5, 5.41) is 1.66. The maximum atomic E-state index is 12.2. The lowest BCUT2D eigenvalue weighted by Gasteiger charge is -2.38. The van der Waals surface area contributed by atoms with Crippen LogP contribution in [-0.2, 0) is 16.0 Å². The van der Waals surface area contributed by atoms with Gasteiger partial charge in [0.25, 0.3) is 0 Å². The van der Waals surface area contributed by atoms with Gasteiger partial charge in [-0.1, -0.05) is 59.1 Å². The second-order valence-electron chi connectivity index (χ2n) is 7.08. The van der Waals surface area contributed by atoms with E-state index < -0.39 is 11.5 Å². The predicted molar refractivity (Wildman–Crippen MR) is 123 cm³/mol. The van der Waals surface area contributed by atoms with E-state index in [-0.39, 0.29) is 6.61 Å². The first kappa shape index (κ1) is 23.5. The van der Waals surface area contributed by atoms with Crippen LogP contribution in [-0.4, -0.2) is 36.6 Å². The Labute approximate surface area is 187 Å². The number of carbonyl (C=O) groups excluding carboxylic acids is 1. The van der Waals surface area contributed by atoms with E-state index >= 15 is 0 Å². The molecule has 0 aromatic heterocycles. The Morgan fingerprint density at radius 1 is 1.14 bits per heavy atom. The van der Waals surface area contributed by atoms with Gasteiger partial charge in [-0.15, -0.1) is 6.58 Å². The molecule has 6 heteroatoms. The van der Waals surface area contributed by atoms with Gasteiger partial charge in [0.05, 0.1) is 15.6 Å². The summed E-state index contributed by atoms with van der Waals surface area (Å²) in [4.78, 5) is 14.3. The molecule has 0 radical (unpaired) electrons. The van der Waals surface area contributed by atoms with Gasteiger partial charge in [0, 0.05) is 17.6 Å². The summed E-state index contributed by atoms with van der Waals surface area (Å²) in [6, 6.07) is 12.7. The highest BCUT2D eigenvalue weighted by atomic mass is 35.5. The van der Waals surface area contributed by atoms with Crippen molar-refractivity contribution in [2.24, 2.45) is 0 Å². The lowest BCUT2D eigenvalue weighted by atomic mass is 9.92. The summed E-state index contributed by atoms with van der Waals surface area (Å²) in [6.07, 6.45) is 5.55. The molecule has 0 saturated heterocycles. The largest absolute Gasteiger partial charge is 0.461 e. The number of halogens is 3. The van der Waals surface area contributed by atoms with Gasteiger partial charge in [-0.05, 0) is 61.9 Å². The highest BCUT2D eigenvalue weighted by Crippen LogP contribution is 2.27. The Kier molecular flexibility index (Phi) is 8.79. The molecule has 0 N–H and O–H groups in total. The van der Waals surface area contributed by atoms with Crippen LogP contribution in [0.4, 0.5) is 0 Å². The Balaban J connectivity index is 2.08. The van der Waals surface area contributed by atoms with Crippen molar-refractivity contribution in [1.29, 1.82) is 0 Å². The number of carbonyl (C=O) groups is 1. The zero-order chi connectivity index (χ0) is 21.4. The van der Waals surface area contributed by atoms with Gasteiger partial charge in [0.2, 0.25) is 0 Å². The Morgan fingerprint density at radius 3 is 2.45 bits per heavy atom. The van der Waals surface area contributed by atoms with E-state index in [1.807, 2.05) is 44.3 Å². The van der Waals surface area contributed by atoms with Gasteiger partial charge in [-0.3, -0.25) is 4.90 Å². The average Bonchev–Trinajstić information content (AvgIpc) is 2.69. The van der Waals surface area contributed by atoms with E-state index in [0.29, 0.717) is 28.0 Å². The van der Waals surface area contributed by atoms with Crippen molar-refractivity contribution in [3.05, 3.63) is 87.4 Å². The lowest BCUT2D eigenvalue weighted by molar-refractivity contribution is -0.141. The normalized spacial score (nSPS) is 13.4. The maximum absolute atomic E-state index is 12.2. The molecule has 0 amide bonds. The summed E-state index contributed by atoms with van der Waals surface area (Å²) in [5.74, 6) is -0.410. The minimum absolute atomic E-state index is 0.210. The highest BCUT2D eigenvalue weighted by Gasteiger charge is 2.31. The summed E-state index contributed by atoms with van der Waals surface area (Å²) in [6.45, 7) is 6.70. The SMILES string of the molecule is C=CCN(C)[C@](C)(COC(=O)C=Cc1ccc(Cl)cc1)Cc1ccc(Cl)c(Cl)c1. The predicted octanol–water partition coefficient (Wildman–Crippen LogP) is 6.32. The number of nitrogens with zero attached hydrogens (tertiary/aromatic N) is 1. The van der Waals surface area contributed by atoms with Crippen molar-refractivity contribution < 1.29 is 9.53 Å². The highest BCUT2D eigenvalue weighted by molar-refractivity contribution is 6.42. The topological polar surface area (TPSA) is 29.5 Å². The van der Waals surface area contributed by atoms with E-state index in [1.165, 1.54) is 6.08 Å². The van der Waals surface area contributed by atoms with Crippen LogP contribution in [0.25, 0.3) is 6.08 Å². The molecule has 2 aromatic carbocycles. The number of ether oxygens (including phenoxy) is 1. The Bertz CT molecular complexity index is 880. The standard InChI is InChI=1S/C23H24Cl3NO2/c1-4-13-27(3)23(2,15-18-7-11-20(25)21(26)14-18)16-29-22(28)12-8-17-5-9-19(24)10-6-17/h4-12,14H,1,13,15-16H2,2-3H3/t23-/m0/s1. The van der Waals surface area contributed by atoms with Crippen LogP contribution < -0.4 is 0 Å². The Morgan fingerprint density at radius 2 is 1.83 bits per heavy atom. The molecule has 0 heterocycles. The molecule has 2 rings (SSSR count). The molecule has 0 unspecified atom stereocenters. The second kappa shape index (κ2) is 10.8. The maximum Gasteiger partial charge on any atom is 0.330 e. The van der Waals surface area contributed by atoms with Crippen LogP contribution in [0.2, 0.25) is 15.1 Å². The first-order valence-electron chi connectivity index (χ1n) is 9.10. The number of hydrogen-bond acceptors (Lipinski definition) is 3. The summed E-state index contributed by atoms with van der Waals surface area (Å²) >= 11 is 18.0. The van der Waals surface area contributed by atoms with Gasteiger partial charge in [0.15, 0.2) is 0 Å². The van der Waals surface area contributed by atoms with E-state index in [1.54, 1.807) is 24.3 Å². The Hall–Kier alpha value is -1.78. The average molecular weight is 453 g/mol. The second-order valence-corrected chi connectivity index (χ2v) is 8.33. The molecule has 2 aromatic rings. The smallest absolute Gasteiger partial charge is 0.330 e. The molecule has 0 aliphatic rings. The minimum atomic E-state index is -0.449. The lowest BCUT2D eigenvalue weighted by Crippen LogP contribution is -2.49. The molecule has 0 saturated carbocycles. The molecule has 0 bridgehead atoms. The van der Waals surface area contributed by atoms with Crippen LogP contribution in [0.1, 0.15) is 18.1 Å². The van der Waals surface area contributed by atoms with Gasteiger partial charge in [-0.25, -0.2) is 4.79 Å².